The Morgan fingerprint density at radius 2 is 1.75 bits per heavy atom. The van der Waals surface area contributed by atoms with Gasteiger partial charge >= 0.3 is 0 Å². The number of benzene rings is 1. The smallest absolute Gasteiger partial charge is 0.242 e. The molecule has 4 saturated carbocycles. The van der Waals surface area contributed by atoms with Gasteiger partial charge in [0.15, 0.2) is 5.52 Å². The zero-order valence-corrected chi connectivity index (χ0v) is 14.3. The zero-order chi connectivity index (χ0) is 16.4. The number of hydrogen-bond acceptors (Lipinski definition) is 5. The van der Waals surface area contributed by atoms with Crippen LogP contribution >= 0.6 is 0 Å². The number of rotatable bonds is 4. The summed E-state index contributed by atoms with van der Waals surface area (Å²) in [5, 5.41) is 7.48. The summed E-state index contributed by atoms with van der Waals surface area (Å²) in [5.41, 5.74) is 0.931. The second-order valence-electron chi connectivity index (χ2n) is 8.13. The van der Waals surface area contributed by atoms with Crippen molar-refractivity contribution in [3.05, 3.63) is 18.2 Å². The van der Waals surface area contributed by atoms with Crippen molar-refractivity contribution in [3.63, 3.8) is 0 Å². The summed E-state index contributed by atoms with van der Waals surface area (Å²) >= 11 is 0. The van der Waals surface area contributed by atoms with Gasteiger partial charge in [-0.25, -0.2) is 17.8 Å². The van der Waals surface area contributed by atoms with E-state index in [1.165, 1.54) is 38.5 Å². The van der Waals surface area contributed by atoms with Gasteiger partial charge in [0.1, 0.15) is 10.4 Å². The molecule has 2 aromatic rings. The minimum absolute atomic E-state index is 0.158. The largest absolute Gasteiger partial charge is 0.243 e. The van der Waals surface area contributed by atoms with Crippen LogP contribution in [-0.4, -0.2) is 25.3 Å². The molecule has 0 unspecified atom stereocenters. The molecule has 4 aliphatic carbocycles. The fourth-order valence-electron chi connectivity index (χ4n) is 5.83. The van der Waals surface area contributed by atoms with E-state index in [1.807, 2.05) is 0 Å². The first-order valence-electron chi connectivity index (χ1n) is 8.74. The molecule has 1 N–H and O–H groups in total. The molecule has 4 aliphatic rings. The van der Waals surface area contributed by atoms with E-state index in [9.17, 15) is 8.42 Å². The van der Waals surface area contributed by atoms with Crippen LogP contribution in [0.4, 0.5) is 0 Å². The Balaban J connectivity index is 1.41. The first-order chi connectivity index (χ1) is 11.5. The second-order valence-corrected chi connectivity index (χ2v) is 9.87. The van der Waals surface area contributed by atoms with E-state index in [0.717, 1.165) is 17.8 Å². The van der Waals surface area contributed by atoms with E-state index in [0.29, 0.717) is 17.6 Å². The van der Waals surface area contributed by atoms with Gasteiger partial charge < -0.3 is 0 Å². The molecule has 7 heteroatoms. The van der Waals surface area contributed by atoms with Crippen LogP contribution in [0.5, 0.6) is 0 Å². The summed E-state index contributed by atoms with van der Waals surface area (Å²) in [6, 6.07) is 4.93. The van der Waals surface area contributed by atoms with Gasteiger partial charge in [-0.15, -0.1) is 0 Å². The molecule has 128 valence electrons. The molecule has 4 bridgehead atoms. The highest BCUT2D eigenvalue weighted by atomic mass is 32.2. The molecule has 0 spiro atoms. The molecular weight excluding hydrogens is 326 g/mol. The molecule has 1 heterocycles. The van der Waals surface area contributed by atoms with Crippen molar-refractivity contribution in [2.75, 3.05) is 6.54 Å². The summed E-state index contributed by atoms with van der Waals surface area (Å²) in [7, 11) is -3.61. The summed E-state index contributed by atoms with van der Waals surface area (Å²) in [5.74, 6) is 2.43. The van der Waals surface area contributed by atoms with Crippen LogP contribution in [0.25, 0.3) is 11.0 Å². The first kappa shape index (κ1) is 14.8. The molecule has 6 rings (SSSR count). The van der Waals surface area contributed by atoms with Crippen molar-refractivity contribution in [3.8, 4) is 0 Å². The lowest BCUT2D eigenvalue weighted by atomic mass is 9.50. The fourth-order valence-corrected chi connectivity index (χ4v) is 7.14. The highest BCUT2D eigenvalue weighted by Crippen LogP contribution is 2.59. The highest BCUT2D eigenvalue weighted by molar-refractivity contribution is 7.89. The maximum atomic E-state index is 12.8. The normalized spacial score (nSPS) is 34.9. The predicted molar refractivity (Wildman–Crippen MR) is 87.6 cm³/mol. The van der Waals surface area contributed by atoms with Crippen molar-refractivity contribution in [1.29, 1.82) is 0 Å². The van der Waals surface area contributed by atoms with Crippen LogP contribution in [0.2, 0.25) is 0 Å². The van der Waals surface area contributed by atoms with Crippen LogP contribution < -0.4 is 4.72 Å². The van der Waals surface area contributed by atoms with Crippen molar-refractivity contribution in [2.24, 2.45) is 23.2 Å². The number of fused-ring (bicyclic) bond motifs is 1. The number of nitrogens with one attached hydrogen (secondary N) is 1. The monoisotopic (exact) mass is 347 g/mol. The molecular formula is C17H21N3O3S. The first-order valence-corrected chi connectivity index (χ1v) is 10.2. The third-order valence-electron chi connectivity index (χ3n) is 6.34. The molecule has 1 aromatic carbocycles. The van der Waals surface area contributed by atoms with Gasteiger partial charge in [-0.1, -0.05) is 6.07 Å². The van der Waals surface area contributed by atoms with Crippen LogP contribution in [0, 0.1) is 23.2 Å². The van der Waals surface area contributed by atoms with Crippen LogP contribution in [0.3, 0.4) is 0 Å². The predicted octanol–water partition coefficient (Wildman–Crippen LogP) is 2.72. The number of aromatic nitrogens is 2. The number of sulfonamides is 1. The molecule has 0 saturated heterocycles. The summed E-state index contributed by atoms with van der Waals surface area (Å²) in [6.07, 6.45) is 7.60. The van der Waals surface area contributed by atoms with Crippen molar-refractivity contribution < 1.29 is 13.0 Å². The molecule has 24 heavy (non-hydrogen) atoms. The maximum Gasteiger partial charge on any atom is 0.242 e. The standard InChI is InChI=1S/C17H21N3O3S/c21-24(22,15-3-1-2-14-16(15)20-23-19-14)18-10-17-7-11-4-12(8-17)6-13(5-11)9-17/h1-3,11-13,18H,4-10H2. The van der Waals surface area contributed by atoms with Crippen molar-refractivity contribution in [2.45, 2.75) is 43.4 Å². The Bertz CT molecular complexity index is 854. The SMILES string of the molecule is O=S(=O)(NCC12CC3CC(CC(C3)C1)C2)c1cccc2nonc12. The lowest BCUT2D eigenvalue weighted by Crippen LogP contribution is -2.51. The lowest BCUT2D eigenvalue weighted by Gasteiger charge is -2.56. The van der Waals surface area contributed by atoms with Gasteiger partial charge in [-0.2, -0.15) is 0 Å². The van der Waals surface area contributed by atoms with Gasteiger partial charge in [0, 0.05) is 6.54 Å². The minimum Gasteiger partial charge on any atom is -0.243 e. The Morgan fingerprint density at radius 3 is 2.42 bits per heavy atom. The minimum atomic E-state index is -3.61. The average molecular weight is 347 g/mol. The second kappa shape index (κ2) is 5.02. The summed E-state index contributed by atoms with van der Waals surface area (Å²) in [4.78, 5) is 0.158. The van der Waals surface area contributed by atoms with Gasteiger partial charge in [0.2, 0.25) is 10.0 Å². The van der Waals surface area contributed by atoms with E-state index in [2.05, 4.69) is 19.7 Å². The van der Waals surface area contributed by atoms with E-state index in [-0.39, 0.29) is 10.3 Å². The fraction of sp³-hybridized carbons (Fsp3) is 0.647. The van der Waals surface area contributed by atoms with Crippen LogP contribution in [-0.2, 0) is 10.0 Å². The van der Waals surface area contributed by atoms with Gasteiger partial charge in [0.25, 0.3) is 0 Å². The topological polar surface area (TPSA) is 85.1 Å². The van der Waals surface area contributed by atoms with Gasteiger partial charge in [-0.05, 0) is 84.1 Å². The van der Waals surface area contributed by atoms with Crippen LogP contribution in [0.1, 0.15) is 38.5 Å². The van der Waals surface area contributed by atoms with E-state index < -0.39 is 10.0 Å². The van der Waals surface area contributed by atoms with Gasteiger partial charge in [0.05, 0.1) is 0 Å². The Morgan fingerprint density at radius 1 is 1.08 bits per heavy atom. The Kier molecular flexibility index (Phi) is 3.10. The van der Waals surface area contributed by atoms with Crippen molar-refractivity contribution in [1.82, 2.24) is 15.0 Å². The molecule has 4 fully saturated rings. The molecule has 1 aromatic heterocycles. The van der Waals surface area contributed by atoms with E-state index in [1.54, 1.807) is 18.2 Å². The lowest BCUT2D eigenvalue weighted by molar-refractivity contribution is -0.0487. The third-order valence-corrected chi connectivity index (χ3v) is 7.77. The number of nitrogens with zero attached hydrogens (tertiary/aromatic N) is 2. The van der Waals surface area contributed by atoms with Crippen molar-refractivity contribution >= 4 is 21.1 Å². The molecule has 0 amide bonds. The summed E-state index contributed by atoms with van der Waals surface area (Å²) < 4.78 is 33.2. The van der Waals surface area contributed by atoms with E-state index >= 15 is 0 Å². The maximum absolute atomic E-state index is 12.8. The Hall–Kier alpha value is -1.47. The number of hydrogen-bond donors (Lipinski definition) is 1. The van der Waals surface area contributed by atoms with E-state index in [4.69, 9.17) is 0 Å². The molecule has 0 aliphatic heterocycles. The Labute approximate surface area is 141 Å². The summed E-state index contributed by atoms with van der Waals surface area (Å²) in [6.45, 7) is 0.542. The molecule has 0 radical (unpaired) electrons. The molecule has 6 nitrogen and oxygen atoms in total. The zero-order valence-electron chi connectivity index (χ0n) is 13.4. The van der Waals surface area contributed by atoms with Gasteiger partial charge in [-0.3, -0.25) is 0 Å². The molecule has 0 atom stereocenters. The third kappa shape index (κ3) is 2.29. The van der Waals surface area contributed by atoms with Crippen LogP contribution in [0.15, 0.2) is 27.7 Å². The average Bonchev–Trinajstić information content (AvgIpc) is 3.00. The quantitative estimate of drug-likeness (QED) is 0.919. The highest BCUT2D eigenvalue weighted by Gasteiger charge is 2.51.